The molecule has 0 aliphatic heterocycles. The summed E-state index contributed by atoms with van der Waals surface area (Å²) in [6, 6.07) is 12.4. The number of nitrogens with zero attached hydrogens (tertiary/aromatic N) is 2. The van der Waals surface area contributed by atoms with Crippen LogP contribution in [0.1, 0.15) is 18.5 Å². The van der Waals surface area contributed by atoms with E-state index < -0.39 is 0 Å². The Morgan fingerprint density at radius 1 is 1.24 bits per heavy atom. The van der Waals surface area contributed by atoms with Crippen molar-refractivity contribution in [2.75, 3.05) is 17.7 Å². The van der Waals surface area contributed by atoms with Crippen LogP contribution in [0.4, 0.5) is 15.2 Å². The maximum atomic E-state index is 13.9. The second-order valence-corrected chi connectivity index (χ2v) is 6.04. The fraction of sp³-hybridized carbons (Fsp3) is 0.188. The van der Waals surface area contributed by atoms with Gasteiger partial charge in [-0.3, -0.25) is 0 Å². The SMILES string of the molecule is CC(c1ccccc1F)N(C)c1nc2ccc(N)cc2s1. The van der Waals surface area contributed by atoms with E-state index in [1.807, 2.05) is 49.2 Å². The van der Waals surface area contributed by atoms with Crippen molar-refractivity contribution in [3.8, 4) is 0 Å². The molecule has 0 aliphatic carbocycles. The van der Waals surface area contributed by atoms with Gasteiger partial charge in [0.25, 0.3) is 0 Å². The van der Waals surface area contributed by atoms with Gasteiger partial charge in [0.1, 0.15) is 5.82 Å². The standard InChI is InChI=1S/C16H16FN3S/c1-10(12-5-3-4-6-13(12)17)20(2)16-19-14-8-7-11(18)9-15(14)21-16/h3-10H,18H2,1-2H3. The molecule has 0 radical (unpaired) electrons. The zero-order chi connectivity index (χ0) is 15.0. The van der Waals surface area contributed by atoms with E-state index in [0.29, 0.717) is 5.56 Å². The Morgan fingerprint density at radius 2 is 2.00 bits per heavy atom. The third kappa shape index (κ3) is 2.56. The van der Waals surface area contributed by atoms with Gasteiger partial charge < -0.3 is 10.6 Å². The zero-order valence-corrected chi connectivity index (χ0v) is 12.7. The van der Waals surface area contributed by atoms with Gasteiger partial charge >= 0.3 is 0 Å². The Labute approximate surface area is 126 Å². The number of rotatable bonds is 3. The lowest BCUT2D eigenvalue weighted by Crippen LogP contribution is -2.22. The van der Waals surface area contributed by atoms with Crippen LogP contribution in [0, 0.1) is 5.82 Å². The minimum atomic E-state index is -0.192. The summed E-state index contributed by atoms with van der Waals surface area (Å²) in [5.74, 6) is -0.192. The number of halogens is 1. The molecule has 1 heterocycles. The number of benzene rings is 2. The second kappa shape index (κ2) is 5.33. The highest BCUT2D eigenvalue weighted by molar-refractivity contribution is 7.22. The van der Waals surface area contributed by atoms with Crippen molar-refractivity contribution in [2.24, 2.45) is 0 Å². The van der Waals surface area contributed by atoms with Crippen molar-refractivity contribution in [1.29, 1.82) is 0 Å². The summed E-state index contributed by atoms with van der Waals surface area (Å²) in [4.78, 5) is 6.58. The topological polar surface area (TPSA) is 42.2 Å². The van der Waals surface area contributed by atoms with Crippen LogP contribution < -0.4 is 10.6 Å². The first-order chi connectivity index (χ1) is 10.1. The van der Waals surface area contributed by atoms with E-state index in [1.165, 1.54) is 6.07 Å². The van der Waals surface area contributed by atoms with Crippen molar-refractivity contribution >= 4 is 32.4 Å². The molecule has 21 heavy (non-hydrogen) atoms. The summed E-state index contributed by atoms with van der Waals surface area (Å²) >= 11 is 1.56. The molecule has 0 saturated heterocycles. The molecule has 0 bridgehead atoms. The zero-order valence-electron chi connectivity index (χ0n) is 11.9. The first-order valence-electron chi connectivity index (χ1n) is 6.69. The van der Waals surface area contributed by atoms with Gasteiger partial charge in [0, 0.05) is 18.3 Å². The summed E-state index contributed by atoms with van der Waals surface area (Å²) in [5, 5.41) is 0.853. The number of nitrogen functional groups attached to an aromatic ring is 1. The molecule has 0 spiro atoms. The molecular formula is C16H16FN3S. The van der Waals surface area contributed by atoms with Gasteiger partial charge in [-0.15, -0.1) is 0 Å². The summed E-state index contributed by atoms with van der Waals surface area (Å²) in [6.07, 6.45) is 0. The average molecular weight is 301 g/mol. The predicted octanol–water partition coefficient (Wildman–Crippen LogP) is 4.22. The Balaban J connectivity index is 1.96. The molecule has 2 aromatic carbocycles. The van der Waals surface area contributed by atoms with Gasteiger partial charge in [-0.1, -0.05) is 29.5 Å². The maximum absolute atomic E-state index is 13.9. The average Bonchev–Trinajstić information content (AvgIpc) is 2.89. The van der Waals surface area contributed by atoms with Crippen LogP contribution in [0.15, 0.2) is 42.5 Å². The molecule has 2 N–H and O–H groups in total. The van der Waals surface area contributed by atoms with E-state index in [-0.39, 0.29) is 11.9 Å². The number of nitrogens with two attached hydrogens (primary N) is 1. The van der Waals surface area contributed by atoms with Gasteiger partial charge in [-0.05, 0) is 31.2 Å². The third-order valence-electron chi connectivity index (χ3n) is 3.64. The first-order valence-corrected chi connectivity index (χ1v) is 7.51. The number of aromatic nitrogens is 1. The molecule has 108 valence electrons. The molecule has 3 nitrogen and oxygen atoms in total. The number of hydrogen-bond donors (Lipinski definition) is 1. The largest absolute Gasteiger partial charge is 0.399 e. The van der Waals surface area contributed by atoms with E-state index in [2.05, 4.69) is 4.98 Å². The number of anilines is 2. The minimum absolute atomic E-state index is 0.0934. The molecule has 0 amide bonds. The molecule has 0 saturated carbocycles. The number of fused-ring (bicyclic) bond motifs is 1. The minimum Gasteiger partial charge on any atom is -0.399 e. The molecular weight excluding hydrogens is 285 g/mol. The molecule has 0 fully saturated rings. The normalized spacial score (nSPS) is 12.5. The molecule has 1 unspecified atom stereocenters. The lowest BCUT2D eigenvalue weighted by Gasteiger charge is -2.24. The highest BCUT2D eigenvalue weighted by atomic mass is 32.1. The fourth-order valence-corrected chi connectivity index (χ4v) is 3.32. The molecule has 3 rings (SSSR count). The fourth-order valence-electron chi connectivity index (χ4n) is 2.27. The van der Waals surface area contributed by atoms with Crippen LogP contribution >= 0.6 is 11.3 Å². The van der Waals surface area contributed by atoms with Crippen LogP contribution in [0.5, 0.6) is 0 Å². The van der Waals surface area contributed by atoms with Crippen LogP contribution in [0.25, 0.3) is 10.2 Å². The van der Waals surface area contributed by atoms with Gasteiger partial charge in [-0.2, -0.15) is 0 Å². The Kier molecular flexibility index (Phi) is 3.51. The van der Waals surface area contributed by atoms with Crippen molar-refractivity contribution in [3.63, 3.8) is 0 Å². The van der Waals surface area contributed by atoms with Crippen LogP contribution in [0.3, 0.4) is 0 Å². The summed E-state index contributed by atoms with van der Waals surface area (Å²) in [7, 11) is 1.93. The highest BCUT2D eigenvalue weighted by Gasteiger charge is 2.18. The van der Waals surface area contributed by atoms with Gasteiger partial charge in [-0.25, -0.2) is 9.37 Å². The van der Waals surface area contributed by atoms with Gasteiger partial charge in [0.05, 0.1) is 16.3 Å². The third-order valence-corrected chi connectivity index (χ3v) is 4.75. The summed E-state index contributed by atoms with van der Waals surface area (Å²) < 4.78 is 15.0. The Bertz CT molecular complexity index is 784. The maximum Gasteiger partial charge on any atom is 0.186 e. The lowest BCUT2D eigenvalue weighted by molar-refractivity contribution is 0.585. The van der Waals surface area contributed by atoms with E-state index in [9.17, 15) is 4.39 Å². The monoisotopic (exact) mass is 301 g/mol. The van der Waals surface area contributed by atoms with Crippen molar-refractivity contribution in [2.45, 2.75) is 13.0 Å². The quantitative estimate of drug-likeness (QED) is 0.737. The lowest BCUT2D eigenvalue weighted by atomic mass is 10.1. The molecule has 0 aliphatic rings. The van der Waals surface area contributed by atoms with Crippen molar-refractivity contribution in [3.05, 3.63) is 53.8 Å². The first kappa shape index (κ1) is 13.8. The molecule has 1 aromatic heterocycles. The van der Waals surface area contributed by atoms with E-state index in [4.69, 9.17) is 5.73 Å². The number of thiazole rings is 1. The van der Waals surface area contributed by atoms with Crippen molar-refractivity contribution in [1.82, 2.24) is 4.98 Å². The van der Waals surface area contributed by atoms with Crippen LogP contribution in [-0.4, -0.2) is 12.0 Å². The van der Waals surface area contributed by atoms with E-state index >= 15 is 0 Å². The Hall–Kier alpha value is -2.14. The Morgan fingerprint density at radius 3 is 2.76 bits per heavy atom. The van der Waals surface area contributed by atoms with E-state index in [1.54, 1.807) is 17.4 Å². The van der Waals surface area contributed by atoms with Crippen LogP contribution in [-0.2, 0) is 0 Å². The number of hydrogen-bond acceptors (Lipinski definition) is 4. The molecule has 3 aromatic rings. The molecule has 5 heteroatoms. The van der Waals surface area contributed by atoms with Gasteiger partial charge in [0.15, 0.2) is 5.13 Å². The predicted molar refractivity (Wildman–Crippen MR) is 87.3 cm³/mol. The summed E-state index contributed by atoms with van der Waals surface area (Å²) in [5.41, 5.74) is 8.10. The van der Waals surface area contributed by atoms with Crippen molar-refractivity contribution < 1.29 is 4.39 Å². The van der Waals surface area contributed by atoms with Crippen LogP contribution in [0.2, 0.25) is 0 Å². The van der Waals surface area contributed by atoms with E-state index in [0.717, 1.165) is 21.0 Å². The smallest absolute Gasteiger partial charge is 0.186 e. The highest BCUT2D eigenvalue weighted by Crippen LogP contribution is 2.34. The molecule has 1 atom stereocenters. The second-order valence-electron chi connectivity index (χ2n) is 5.03. The van der Waals surface area contributed by atoms with Gasteiger partial charge in [0.2, 0.25) is 0 Å². The summed E-state index contributed by atoms with van der Waals surface area (Å²) in [6.45, 7) is 1.97.